The molecule has 1 radical (unpaired) electrons. The highest BCUT2D eigenvalue weighted by atomic mass is 13.9. The van der Waals surface area contributed by atoms with Crippen molar-refractivity contribution in [3.8, 4) is 0 Å². The molecule has 0 rings (SSSR count). The smallest absolute Gasteiger partial charge is 0.00929 e. The minimum absolute atomic E-state index is 0.919. The van der Waals surface area contributed by atoms with Gasteiger partial charge in [0.15, 0.2) is 0 Å². The van der Waals surface area contributed by atoms with E-state index in [0.717, 1.165) is 6.42 Å². The quantitative estimate of drug-likeness (QED) is 0.307. The molecular weight excluding hydrogens is 132 g/mol. The molecule has 0 fully saturated rings. The zero-order valence-electron chi connectivity index (χ0n) is 7.34. The number of hydrogen-bond donors (Lipinski definition) is 0. The van der Waals surface area contributed by atoms with Crippen molar-refractivity contribution in [3.63, 3.8) is 0 Å². The predicted octanol–water partition coefficient (Wildman–Crippen LogP) is 3.66. The Balaban J connectivity index is 3.09. The lowest BCUT2D eigenvalue weighted by molar-refractivity contribution is 0.728. The monoisotopic (exact) mass is 149 g/mol. The second-order valence-electron chi connectivity index (χ2n) is 2.57. The van der Waals surface area contributed by atoms with E-state index in [1.165, 1.54) is 25.7 Å². The van der Waals surface area contributed by atoms with E-state index in [9.17, 15) is 0 Å². The fourth-order valence-corrected chi connectivity index (χ4v) is 0.862. The summed E-state index contributed by atoms with van der Waals surface area (Å²) in [5.41, 5.74) is 2.49. The van der Waals surface area contributed by atoms with Crippen molar-refractivity contribution in [1.29, 1.82) is 0 Å². The Labute approximate surface area is 70.3 Å². The first-order chi connectivity index (χ1) is 5.41. The molecule has 0 nitrogen and oxygen atoms in total. The van der Waals surface area contributed by atoms with Crippen molar-refractivity contribution in [2.75, 3.05) is 0 Å². The van der Waals surface area contributed by atoms with Crippen LogP contribution in [0, 0.1) is 6.58 Å². The summed E-state index contributed by atoms with van der Waals surface area (Å²) in [6, 6.07) is 0. The normalized spacial score (nSPS) is 9.91. The molecule has 61 valence electrons. The molecule has 11 heavy (non-hydrogen) atoms. The van der Waals surface area contributed by atoms with Crippen LogP contribution in [0.1, 0.15) is 39.0 Å². The van der Waals surface area contributed by atoms with Crippen molar-refractivity contribution in [2.45, 2.75) is 39.0 Å². The highest BCUT2D eigenvalue weighted by Gasteiger charge is 1.79. The molecule has 0 bridgehead atoms. The SMILES string of the molecule is [CH]=C=CCC=CCCCCC. The van der Waals surface area contributed by atoms with E-state index in [-0.39, 0.29) is 0 Å². The largest absolute Gasteiger partial charge is 0.124 e. The maximum atomic E-state index is 5.05. The van der Waals surface area contributed by atoms with Crippen LogP contribution in [0.25, 0.3) is 0 Å². The summed E-state index contributed by atoms with van der Waals surface area (Å²) in [6.07, 6.45) is 12.2. The summed E-state index contributed by atoms with van der Waals surface area (Å²) in [6.45, 7) is 7.27. The Kier molecular flexibility index (Phi) is 8.64. The van der Waals surface area contributed by atoms with E-state index in [1.54, 1.807) is 0 Å². The van der Waals surface area contributed by atoms with Crippen LogP contribution in [0.15, 0.2) is 24.0 Å². The van der Waals surface area contributed by atoms with Gasteiger partial charge >= 0.3 is 0 Å². The molecule has 0 N–H and O–H groups in total. The van der Waals surface area contributed by atoms with Gasteiger partial charge in [-0.15, -0.1) is 5.73 Å². The van der Waals surface area contributed by atoms with E-state index < -0.39 is 0 Å². The van der Waals surface area contributed by atoms with Crippen LogP contribution in [0.3, 0.4) is 0 Å². The Morgan fingerprint density at radius 1 is 1.27 bits per heavy atom. The van der Waals surface area contributed by atoms with E-state index in [2.05, 4.69) is 24.8 Å². The lowest BCUT2D eigenvalue weighted by atomic mass is 10.2. The fourth-order valence-electron chi connectivity index (χ4n) is 0.862. The minimum Gasteiger partial charge on any atom is -0.124 e. The van der Waals surface area contributed by atoms with Gasteiger partial charge in [-0.05, 0) is 31.9 Å². The number of rotatable bonds is 6. The number of allylic oxidation sites excluding steroid dienone is 3. The van der Waals surface area contributed by atoms with Crippen molar-refractivity contribution in [1.82, 2.24) is 0 Å². The van der Waals surface area contributed by atoms with Crippen LogP contribution in [0.2, 0.25) is 0 Å². The molecular formula is C11H17. The van der Waals surface area contributed by atoms with Crippen LogP contribution >= 0.6 is 0 Å². The molecule has 0 unspecified atom stereocenters. The third kappa shape index (κ3) is 9.26. The second-order valence-corrected chi connectivity index (χ2v) is 2.57. The van der Waals surface area contributed by atoms with Crippen LogP contribution < -0.4 is 0 Å². The molecule has 0 saturated heterocycles. The molecule has 0 amide bonds. The fraction of sp³-hybridized carbons (Fsp3) is 0.545. The standard InChI is InChI=1S/C11H17/c1-3-5-7-9-11-10-8-6-4-2/h1,5,9,11H,4,6-8,10H2,2H3. The number of unbranched alkanes of at least 4 members (excludes halogenated alkanes) is 3. The summed E-state index contributed by atoms with van der Waals surface area (Å²) in [4.78, 5) is 0. The first kappa shape index (κ1) is 10.3. The van der Waals surface area contributed by atoms with Crippen molar-refractivity contribution in [3.05, 3.63) is 30.5 Å². The van der Waals surface area contributed by atoms with Crippen molar-refractivity contribution >= 4 is 0 Å². The number of hydrogen-bond acceptors (Lipinski definition) is 0. The van der Waals surface area contributed by atoms with Gasteiger partial charge in [0.25, 0.3) is 0 Å². The van der Waals surface area contributed by atoms with Gasteiger partial charge in [-0.1, -0.05) is 31.9 Å². The summed E-state index contributed by atoms with van der Waals surface area (Å²) < 4.78 is 0. The summed E-state index contributed by atoms with van der Waals surface area (Å²) in [7, 11) is 0. The van der Waals surface area contributed by atoms with Gasteiger partial charge in [-0.3, -0.25) is 0 Å². The molecule has 0 heteroatoms. The van der Waals surface area contributed by atoms with E-state index in [0.29, 0.717) is 0 Å². The maximum absolute atomic E-state index is 5.05. The highest BCUT2D eigenvalue weighted by molar-refractivity contribution is 4.89. The molecule has 0 aliphatic heterocycles. The van der Waals surface area contributed by atoms with Crippen LogP contribution in [-0.4, -0.2) is 0 Å². The molecule has 0 atom stereocenters. The van der Waals surface area contributed by atoms with E-state index in [4.69, 9.17) is 6.58 Å². The Bertz CT molecular complexity index is 136. The molecule has 0 aliphatic rings. The van der Waals surface area contributed by atoms with Crippen molar-refractivity contribution < 1.29 is 0 Å². The van der Waals surface area contributed by atoms with Crippen LogP contribution in [-0.2, 0) is 0 Å². The second kappa shape index (κ2) is 9.26. The van der Waals surface area contributed by atoms with Gasteiger partial charge in [0, 0.05) is 0 Å². The lowest BCUT2D eigenvalue weighted by Gasteiger charge is -1.90. The molecule has 0 spiro atoms. The Hall–Kier alpha value is -0.740. The topological polar surface area (TPSA) is 0 Å². The molecule has 0 aromatic rings. The van der Waals surface area contributed by atoms with Gasteiger partial charge in [0.1, 0.15) is 0 Å². The van der Waals surface area contributed by atoms with Gasteiger partial charge in [0.2, 0.25) is 0 Å². The van der Waals surface area contributed by atoms with Crippen molar-refractivity contribution in [2.24, 2.45) is 0 Å². The Morgan fingerprint density at radius 3 is 2.73 bits per heavy atom. The maximum Gasteiger partial charge on any atom is -0.00929 e. The third-order valence-electron chi connectivity index (χ3n) is 1.51. The summed E-state index contributed by atoms with van der Waals surface area (Å²) in [5, 5.41) is 0. The van der Waals surface area contributed by atoms with Gasteiger partial charge in [-0.2, -0.15) is 0 Å². The summed E-state index contributed by atoms with van der Waals surface area (Å²) in [5.74, 6) is 0. The van der Waals surface area contributed by atoms with Crippen LogP contribution in [0.4, 0.5) is 0 Å². The molecule has 0 aromatic carbocycles. The van der Waals surface area contributed by atoms with E-state index >= 15 is 0 Å². The highest BCUT2D eigenvalue weighted by Crippen LogP contribution is 1.99. The molecule has 0 aliphatic carbocycles. The average Bonchev–Trinajstić information content (AvgIpc) is 2.03. The predicted molar refractivity (Wildman–Crippen MR) is 50.3 cm³/mol. The summed E-state index contributed by atoms with van der Waals surface area (Å²) >= 11 is 0. The Morgan fingerprint density at radius 2 is 2.09 bits per heavy atom. The van der Waals surface area contributed by atoms with Gasteiger partial charge in [-0.25, -0.2) is 0 Å². The van der Waals surface area contributed by atoms with Gasteiger partial charge < -0.3 is 0 Å². The molecule has 0 aromatic heterocycles. The third-order valence-corrected chi connectivity index (χ3v) is 1.51. The van der Waals surface area contributed by atoms with Gasteiger partial charge in [0.05, 0.1) is 0 Å². The zero-order chi connectivity index (χ0) is 8.36. The minimum atomic E-state index is 0.919. The first-order valence-electron chi connectivity index (χ1n) is 4.34. The average molecular weight is 149 g/mol. The van der Waals surface area contributed by atoms with Crippen LogP contribution in [0.5, 0.6) is 0 Å². The first-order valence-corrected chi connectivity index (χ1v) is 4.34. The molecule has 0 saturated carbocycles. The lowest BCUT2D eigenvalue weighted by Crippen LogP contribution is -1.70. The molecule has 0 heterocycles. The van der Waals surface area contributed by atoms with E-state index in [1.807, 2.05) is 6.08 Å². The zero-order valence-corrected chi connectivity index (χ0v) is 7.34.